The van der Waals surface area contributed by atoms with Crippen LogP contribution in [0.1, 0.15) is 25.3 Å². The molecule has 1 unspecified atom stereocenters. The molecule has 1 aromatic carbocycles. The smallest absolute Gasteiger partial charge is 0.0638 e. The number of nitrogens with zero attached hydrogens (tertiary/aromatic N) is 1. The monoisotopic (exact) mass is 234 g/mol. The van der Waals surface area contributed by atoms with Gasteiger partial charge >= 0.3 is 0 Å². The number of rotatable bonds is 6. The summed E-state index contributed by atoms with van der Waals surface area (Å²) in [6.45, 7) is 2.95. The van der Waals surface area contributed by atoms with Crippen molar-refractivity contribution in [1.29, 1.82) is 5.26 Å². The first-order valence-corrected chi connectivity index (χ1v) is 6.76. The van der Waals surface area contributed by atoms with Crippen molar-refractivity contribution in [1.82, 2.24) is 5.32 Å². The molecule has 0 saturated carbocycles. The van der Waals surface area contributed by atoms with E-state index in [1.165, 1.54) is 10.5 Å². The van der Waals surface area contributed by atoms with Crippen LogP contribution in [0.15, 0.2) is 29.2 Å². The number of hydrogen-bond acceptors (Lipinski definition) is 3. The third kappa shape index (κ3) is 4.26. The van der Waals surface area contributed by atoms with E-state index >= 15 is 0 Å². The van der Waals surface area contributed by atoms with Crippen LogP contribution >= 0.6 is 11.8 Å². The Morgan fingerprint density at radius 3 is 2.56 bits per heavy atom. The summed E-state index contributed by atoms with van der Waals surface area (Å²) in [7, 11) is 0. The van der Waals surface area contributed by atoms with E-state index in [4.69, 9.17) is 5.26 Å². The van der Waals surface area contributed by atoms with Gasteiger partial charge in [0.1, 0.15) is 0 Å². The molecule has 0 aliphatic heterocycles. The van der Waals surface area contributed by atoms with Crippen molar-refractivity contribution in [2.75, 3.05) is 6.26 Å². The van der Waals surface area contributed by atoms with Crippen molar-refractivity contribution in [3.05, 3.63) is 29.8 Å². The molecule has 0 fully saturated rings. The van der Waals surface area contributed by atoms with Gasteiger partial charge in [-0.1, -0.05) is 19.1 Å². The highest BCUT2D eigenvalue weighted by Crippen LogP contribution is 2.14. The fourth-order valence-electron chi connectivity index (χ4n) is 1.48. The van der Waals surface area contributed by atoms with E-state index < -0.39 is 0 Å². The van der Waals surface area contributed by atoms with Gasteiger partial charge in [0.25, 0.3) is 0 Å². The normalized spacial score (nSPS) is 12.1. The summed E-state index contributed by atoms with van der Waals surface area (Å²) < 4.78 is 0. The van der Waals surface area contributed by atoms with Crippen LogP contribution < -0.4 is 5.32 Å². The lowest BCUT2D eigenvalue weighted by Crippen LogP contribution is -2.27. The second-order valence-electron chi connectivity index (χ2n) is 3.70. The average Bonchev–Trinajstić information content (AvgIpc) is 2.35. The van der Waals surface area contributed by atoms with Crippen LogP contribution in [0, 0.1) is 11.3 Å². The quantitative estimate of drug-likeness (QED) is 0.768. The Morgan fingerprint density at radius 2 is 2.06 bits per heavy atom. The summed E-state index contributed by atoms with van der Waals surface area (Å²) >= 11 is 1.75. The van der Waals surface area contributed by atoms with Gasteiger partial charge < -0.3 is 5.32 Å². The molecule has 0 bridgehead atoms. The van der Waals surface area contributed by atoms with E-state index in [-0.39, 0.29) is 0 Å². The molecular formula is C13H18N2S. The Balaban J connectivity index is 2.44. The molecule has 0 aliphatic rings. The zero-order chi connectivity index (χ0) is 11.8. The molecule has 86 valence electrons. The van der Waals surface area contributed by atoms with Crippen molar-refractivity contribution in [2.45, 2.75) is 37.2 Å². The molecule has 0 spiro atoms. The second kappa shape index (κ2) is 7.32. The second-order valence-corrected chi connectivity index (χ2v) is 4.58. The zero-order valence-corrected chi connectivity index (χ0v) is 10.7. The summed E-state index contributed by atoms with van der Waals surface area (Å²) in [6.07, 6.45) is 3.66. The first kappa shape index (κ1) is 13.1. The first-order valence-electron chi connectivity index (χ1n) is 5.53. The molecule has 0 heterocycles. The minimum Gasteiger partial charge on any atom is -0.309 e. The molecule has 16 heavy (non-hydrogen) atoms. The molecule has 0 radical (unpaired) electrons. The molecular weight excluding hydrogens is 216 g/mol. The molecule has 1 N–H and O–H groups in total. The topological polar surface area (TPSA) is 35.8 Å². The lowest BCUT2D eigenvalue weighted by molar-refractivity contribution is 0.505. The molecule has 1 atom stereocenters. The van der Waals surface area contributed by atoms with Gasteiger partial charge in [-0.15, -0.1) is 11.8 Å². The van der Waals surface area contributed by atoms with Crippen LogP contribution in [-0.2, 0) is 6.54 Å². The standard InChI is InChI=1S/C13H18N2S/c1-3-12(8-9-14)15-10-11-4-6-13(16-2)7-5-11/h4-7,12,15H,3,8,10H2,1-2H3. The van der Waals surface area contributed by atoms with E-state index in [1.807, 2.05) is 0 Å². The van der Waals surface area contributed by atoms with E-state index in [2.05, 4.69) is 48.8 Å². The van der Waals surface area contributed by atoms with Crippen molar-refractivity contribution < 1.29 is 0 Å². The number of thioether (sulfide) groups is 1. The van der Waals surface area contributed by atoms with Crippen molar-refractivity contribution in [3.8, 4) is 6.07 Å². The summed E-state index contributed by atoms with van der Waals surface area (Å²) in [4.78, 5) is 1.29. The summed E-state index contributed by atoms with van der Waals surface area (Å²) in [6, 6.07) is 11.1. The highest BCUT2D eigenvalue weighted by atomic mass is 32.2. The molecule has 0 aliphatic carbocycles. The van der Waals surface area contributed by atoms with Gasteiger partial charge in [-0.25, -0.2) is 0 Å². The first-order chi connectivity index (χ1) is 7.80. The Hall–Kier alpha value is -0.980. The Morgan fingerprint density at radius 1 is 1.38 bits per heavy atom. The van der Waals surface area contributed by atoms with Gasteiger partial charge in [-0.2, -0.15) is 5.26 Å². The van der Waals surface area contributed by atoms with Crippen molar-refractivity contribution >= 4 is 11.8 Å². The number of nitriles is 1. The molecule has 0 amide bonds. The Labute approximate surface area is 102 Å². The maximum Gasteiger partial charge on any atom is 0.0638 e. The highest BCUT2D eigenvalue weighted by Gasteiger charge is 2.04. The zero-order valence-electron chi connectivity index (χ0n) is 9.86. The minimum atomic E-state index is 0.310. The number of nitrogens with one attached hydrogen (secondary N) is 1. The molecule has 1 aromatic rings. The number of hydrogen-bond donors (Lipinski definition) is 1. The van der Waals surface area contributed by atoms with E-state index in [0.717, 1.165) is 13.0 Å². The Bertz CT molecular complexity index is 340. The predicted molar refractivity (Wildman–Crippen MR) is 69.4 cm³/mol. The van der Waals surface area contributed by atoms with Gasteiger partial charge in [0.15, 0.2) is 0 Å². The average molecular weight is 234 g/mol. The van der Waals surface area contributed by atoms with E-state index in [0.29, 0.717) is 12.5 Å². The van der Waals surface area contributed by atoms with Crippen molar-refractivity contribution in [3.63, 3.8) is 0 Å². The summed E-state index contributed by atoms with van der Waals surface area (Å²) in [5.41, 5.74) is 1.27. The summed E-state index contributed by atoms with van der Waals surface area (Å²) in [5.74, 6) is 0. The lowest BCUT2D eigenvalue weighted by atomic mass is 10.1. The maximum absolute atomic E-state index is 8.64. The lowest BCUT2D eigenvalue weighted by Gasteiger charge is -2.13. The fourth-order valence-corrected chi connectivity index (χ4v) is 1.88. The molecule has 2 nitrogen and oxygen atoms in total. The van der Waals surface area contributed by atoms with Crippen LogP contribution in [0.4, 0.5) is 0 Å². The van der Waals surface area contributed by atoms with Gasteiger partial charge in [0, 0.05) is 17.5 Å². The summed E-state index contributed by atoms with van der Waals surface area (Å²) in [5, 5.41) is 12.0. The predicted octanol–water partition coefficient (Wildman–Crippen LogP) is 3.19. The van der Waals surface area contributed by atoms with Gasteiger partial charge in [0.05, 0.1) is 12.5 Å². The van der Waals surface area contributed by atoms with E-state index in [9.17, 15) is 0 Å². The van der Waals surface area contributed by atoms with E-state index in [1.54, 1.807) is 11.8 Å². The molecule has 3 heteroatoms. The van der Waals surface area contributed by atoms with Crippen LogP contribution in [0.5, 0.6) is 0 Å². The van der Waals surface area contributed by atoms with Crippen LogP contribution in [-0.4, -0.2) is 12.3 Å². The Kier molecular flexibility index (Phi) is 5.99. The molecule has 1 rings (SSSR count). The van der Waals surface area contributed by atoms with Crippen LogP contribution in [0.25, 0.3) is 0 Å². The fraction of sp³-hybridized carbons (Fsp3) is 0.462. The molecule has 0 aromatic heterocycles. The largest absolute Gasteiger partial charge is 0.309 e. The number of benzene rings is 1. The third-order valence-electron chi connectivity index (χ3n) is 2.58. The van der Waals surface area contributed by atoms with Crippen LogP contribution in [0.3, 0.4) is 0 Å². The van der Waals surface area contributed by atoms with Crippen LogP contribution in [0.2, 0.25) is 0 Å². The van der Waals surface area contributed by atoms with Gasteiger partial charge in [0.2, 0.25) is 0 Å². The van der Waals surface area contributed by atoms with Gasteiger partial charge in [-0.3, -0.25) is 0 Å². The highest BCUT2D eigenvalue weighted by molar-refractivity contribution is 7.98. The minimum absolute atomic E-state index is 0.310. The van der Waals surface area contributed by atoms with Crippen molar-refractivity contribution in [2.24, 2.45) is 0 Å². The maximum atomic E-state index is 8.64. The third-order valence-corrected chi connectivity index (χ3v) is 3.33. The molecule has 0 saturated heterocycles. The SMILES string of the molecule is CCC(CC#N)NCc1ccc(SC)cc1. The van der Waals surface area contributed by atoms with Gasteiger partial charge in [-0.05, 0) is 30.4 Å².